The van der Waals surface area contributed by atoms with Crippen LogP contribution >= 0.6 is 8.61 Å². The van der Waals surface area contributed by atoms with Crippen molar-refractivity contribution >= 4 is 20.3 Å². The molecule has 4 atom stereocenters. The maximum Gasteiger partial charge on any atom is 0.351 e. The van der Waals surface area contributed by atoms with Crippen LogP contribution in [0.3, 0.4) is 0 Å². The van der Waals surface area contributed by atoms with Crippen molar-refractivity contribution in [2.45, 2.75) is 70.2 Å². The van der Waals surface area contributed by atoms with Gasteiger partial charge in [-0.3, -0.25) is 9.36 Å². The minimum absolute atomic E-state index is 0.0476. The zero-order valence-electron chi connectivity index (χ0n) is 32.4. The Balaban J connectivity index is 1.36. The van der Waals surface area contributed by atoms with E-state index in [1.54, 1.807) is 43.2 Å². The number of hydrogen-bond acceptors (Lipinski definition) is 9. The summed E-state index contributed by atoms with van der Waals surface area (Å²) in [5.41, 5.74) is 1.07. The van der Waals surface area contributed by atoms with E-state index in [1.807, 2.05) is 113 Å². The molecule has 13 heteroatoms. The summed E-state index contributed by atoms with van der Waals surface area (Å²) in [4.78, 5) is 30.4. The number of ether oxygens (including phenoxy) is 4. The van der Waals surface area contributed by atoms with E-state index >= 15 is 4.20 Å². The molecule has 294 valence electrons. The van der Waals surface area contributed by atoms with E-state index in [0.29, 0.717) is 17.1 Å². The van der Waals surface area contributed by atoms with Crippen LogP contribution in [-0.2, 0) is 19.6 Å². The SMILES string of the molecule is COc1ccc(C(OC[C@H]2O[C@@H](n3ccc(NC(=O)c4ccccc4)nc3=O)C[C@@H]2OP(F)N(C(C)C)C(C)C)(c2ccccc2)c2ccc(OC)cc2)cc1. The van der Waals surface area contributed by atoms with E-state index in [1.165, 1.54) is 16.8 Å². The van der Waals surface area contributed by atoms with Crippen molar-refractivity contribution in [3.8, 4) is 11.5 Å². The summed E-state index contributed by atoms with van der Waals surface area (Å²) < 4.78 is 50.2. The number of hydrogen-bond donors (Lipinski definition) is 1. The molecule has 4 aromatic carbocycles. The van der Waals surface area contributed by atoms with Crippen LogP contribution in [0.1, 0.15) is 67.4 Å². The fourth-order valence-electron chi connectivity index (χ4n) is 7.02. The van der Waals surface area contributed by atoms with E-state index < -0.39 is 44.2 Å². The van der Waals surface area contributed by atoms with Crippen LogP contribution in [0.15, 0.2) is 126 Å². The van der Waals surface area contributed by atoms with Crippen LogP contribution in [0.4, 0.5) is 10.0 Å². The zero-order chi connectivity index (χ0) is 39.8. The molecule has 1 N–H and O–H groups in total. The molecule has 0 saturated carbocycles. The standard InChI is InChI=1S/C43H48FN4O7P/c1-29(2)48(30(3)4)56(44)55-37-27-40(47-26-25-39(46-42(47)50)45-41(49)31-13-9-7-10-14-31)54-38(37)28-53-43(32-15-11-8-12-16-32,33-17-21-35(51-5)22-18-33)34-19-23-36(52-6)24-20-34/h7-26,29-30,37-38,40H,27-28H2,1-6H3,(H,45,46,49,50)/t37-,38+,40+,56?/m0/s1. The number of aromatic nitrogens is 2. The molecule has 1 fully saturated rings. The number of halogens is 1. The minimum Gasteiger partial charge on any atom is -0.497 e. The van der Waals surface area contributed by atoms with Crippen molar-refractivity contribution < 1.29 is 32.5 Å². The highest BCUT2D eigenvalue weighted by Gasteiger charge is 2.45. The zero-order valence-corrected chi connectivity index (χ0v) is 33.3. The maximum absolute atomic E-state index is 16.3. The number of anilines is 1. The fraction of sp³-hybridized carbons (Fsp3) is 0.326. The third kappa shape index (κ3) is 9.01. The first-order valence-electron chi connectivity index (χ1n) is 18.5. The summed E-state index contributed by atoms with van der Waals surface area (Å²) in [6.45, 7) is 7.65. The van der Waals surface area contributed by atoms with Crippen molar-refractivity contribution in [1.82, 2.24) is 14.2 Å². The number of carbonyl (C=O) groups is 1. The predicted octanol–water partition coefficient (Wildman–Crippen LogP) is 8.51. The molecule has 1 aliphatic rings. The highest BCUT2D eigenvalue weighted by Crippen LogP contribution is 2.50. The molecule has 5 aromatic rings. The lowest BCUT2D eigenvalue weighted by Crippen LogP contribution is -2.39. The second-order valence-electron chi connectivity index (χ2n) is 13.9. The van der Waals surface area contributed by atoms with Crippen molar-refractivity contribution in [2.75, 3.05) is 26.1 Å². The second-order valence-corrected chi connectivity index (χ2v) is 15.1. The van der Waals surface area contributed by atoms with Crippen LogP contribution < -0.4 is 20.5 Å². The molecule has 1 aromatic heterocycles. The molecule has 6 rings (SSSR count). The summed E-state index contributed by atoms with van der Waals surface area (Å²) in [6.07, 6.45) is -0.833. The Hall–Kier alpha value is -4.97. The number of methoxy groups -OCH3 is 2. The molecule has 2 heterocycles. The monoisotopic (exact) mass is 782 g/mol. The van der Waals surface area contributed by atoms with Gasteiger partial charge >= 0.3 is 14.3 Å². The molecule has 1 saturated heterocycles. The number of amides is 1. The summed E-state index contributed by atoms with van der Waals surface area (Å²) in [5.74, 6) is 1.06. The van der Waals surface area contributed by atoms with Crippen LogP contribution in [0.25, 0.3) is 0 Å². The van der Waals surface area contributed by atoms with E-state index in [-0.39, 0.29) is 30.9 Å². The summed E-state index contributed by atoms with van der Waals surface area (Å²) in [5, 5.41) is 2.67. The Morgan fingerprint density at radius 3 is 1.91 bits per heavy atom. The van der Waals surface area contributed by atoms with Gasteiger partial charge in [0.15, 0.2) is 0 Å². The van der Waals surface area contributed by atoms with Crippen molar-refractivity contribution in [1.29, 1.82) is 0 Å². The molecule has 0 bridgehead atoms. The minimum atomic E-state index is -2.56. The summed E-state index contributed by atoms with van der Waals surface area (Å²) >= 11 is 0. The topological polar surface area (TPSA) is 113 Å². The van der Waals surface area contributed by atoms with Crippen LogP contribution in [-0.4, -0.2) is 65.2 Å². The molecular weight excluding hydrogens is 734 g/mol. The van der Waals surface area contributed by atoms with E-state index in [4.69, 9.17) is 23.5 Å². The molecule has 0 radical (unpaired) electrons. The highest BCUT2D eigenvalue weighted by atomic mass is 31.2. The van der Waals surface area contributed by atoms with Crippen LogP contribution in [0, 0.1) is 0 Å². The number of rotatable bonds is 16. The highest BCUT2D eigenvalue weighted by molar-refractivity contribution is 7.44. The van der Waals surface area contributed by atoms with Gasteiger partial charge in [-0.05, 0) is 86.8 Å². The van der Waals surface area contributed by atoms with E-state index in [2.05, 4.69) is 10.3 Å². The van der Waals surface area contributed by atoms with Gasteiger partial charge in [-0.15, -0.1) is 0 Å². The third-order valence-corrected chi connectivity index (χ3v) is 11.4. The molecular formula is C43H48FN4O7P. The van der Waals surface area contributed by atoms with Crippen LogP contribution in [0.2, 0.25) is 0 Å². The first-order valence-corrected chi connectivity index (χ1v) is 19.6. The first kappa shape index (κ1) is 40.7. The Morgan fingerprint density at radius 1 is 0.857 bits per heavy atom. The maximum atomic E-state index is 16.3. The van der Waals surface area contributed by atoms with Crippen molar-refractivity contribution in [3.05, 3.63) is 154 Å². The molecule has 1 aliphatic heterocycles. The number of nitrogens with zero attached hydrogens (tertiary/aromatic N) is 3. The van der Waals surface area contributed by atoms with Gasteiger partial charge in [0.1, 0.15) is 35.2 Å². The Kier molecular flexibility index (Phi) is 13.3. The molecule has 0 spiro atoms. The van der Waals surface area contributed by atoms with Gasteiger partial charge in [0.05, 0.1) is 26.9 Å². The molecule has 1 unspecified atom stereocenters. The normalized spacial score (nSPS) is 17.6. The Bertz CT molecular complexity index is 2030. The van der Waals surface area contributed by atoms with Gasteiger partial charge in [-0.25, -0.2) is 9.46 Å². The van der Waals surface area contributed by atoms with E-state index in [0.717, 1.165) is 16.7 Å². The van der Waals surface area contributed by atoms with Gasteiger partial charge < -0.3 is 28.8 Å². The van der Waals surface area contributed by atoms with Gasteiger partial charge in [0, 0.05) is 30.3 Å². The number of nitrogens with one attached hydrogen (secondary N) is 1. The largest absolute Gasteiger partial charge is 0.497 e. The van der Waals surface area contributed by atoms with Gasteiger partial charge in [-0.1, -0.05) is 72.8 Å². The van der Waals surface area contributed by atoms with Crippen molar-refractivity contribution in [3.63, 3.8) is 0 Å². The lowest BCUT2D eigenvalue weighted by molar-refractivity contribution is -0.0918. The molecule has 56 heavy (non-hydrogen) atoms. The average molecular weight is 783 g/mol. The fourth-order valence-corrected chi connectivity index (χ4v) is 8.30. The summed E-state index contributed by atoms with van der Waals surface area (Å²) in [6, 6.07) is 35.1. The molecule has 11 nitrogen and oxygen atoms in total. The lowest BCUT2D eigenvalue weighted by atomic mass is 9.80. The molecule has 1 amide bonds. The predicted molar refractivity (Wildman–Crippen MR) is 215 cm³/mol. The van der Waals surface area contributed by atoms with Gasteiger partial charge in [0.2, 0.25) is 0 Å². The summed E-state index contributed by atoms with van der Waals surface area (Å²) in [7, 11) is 0.670. The smallest absolute Gasteiger partial charge is 0.351 e. The number of benzene rings is 4. The van der Waals surface area contributed by atoms with Gasteiger partial charge in [-0.2, -0.15) is 9.18 Å². The second kappa shape index (κ2) is 18.3. The first-order chi connectivity index (χ1) is 27.0. The van der Waals surface area contributed by atoms with E-state index in [9.17, 15) is 9.59 Å². The lowest BCUT2D eigenvalue weighted by Gasteiger charge is -2.37. The van der Waals surface area contributed by atoms with Gasteiger partial charge in [0.25, 0.3) is 5.91 Å². The quantitative estimate of drug-likeness (QED) is 0.0778. The third-order valence-electron chi connectivity index (χ3n) is 9.70. The average Bonchev–Trinajstić information content (AvgIpc) is 3.60. The Labute approximate surface area is 328 Å². The molecule has 0 aliphatic carbocycles. The number of carbonyl (C=O) groups excluding carboxylic acids is 1. The van der Waals surface area contributed by atoms with Crippen LogP contribution in [0.5, 0.6) is 11.5 Å². The Morgan fingerprint density at radius 2 is 1.39 bits per heavy atom. The van der Waals surface area contributed by atoms with Crippen molar-refractivity contribution in [2.24, 2.45) is 0 Å².